The first-order chi connectivity index (χ1) is 11.5. The van der Waals surface area contributed by atoms with E-state index in [1.165, 1.54) is 25.3 Å². The Labute approximate surface area is 138 Å². The number of non-ortho nitro benzene ring substituents is 1. The van der Waals surface area contributed by atoms with E-state index >= 15 is 0 Å². The number of aromatic nitrogens is 2. The van der Waals surface area contributed by atoms with Crippen LogP contribution in [0, 0.1) is 17.0 Å². The van der Waals surface area contributed by atoms with Crippen LogP contribution in [0.5, 0.6) is 5.75 Å². The molecule has 9 heteroatoms. The number of nitrogens with one attached hydrogen (secondary N) is 2. The maximum atomic E-state index is 11.9. The Bertz CT molecular complexity index is 728. The number of urea groups is 1. The van der Waals surface area contributed by atoms with Crippen LogP contribution in [-0.4, -0.2) is 34.2 Å². The van der Waals surface area contributed by atoms with Crippen molar-refractivity contribution in [2.75, 3.05) is 19.0 Å². The average Bonchev–Trinajstić information content (AvgIpc) is 2.96. The lowest BCUT2D eigenvalue weighted by atomic mass is 10.2. The number of methoxy groups -OCH3 is 1. The smallest absolute Gasteiger partial charge is 0.319 e. The van der Waals surface area contributed by atoms with Crippen molar-refractivity contribution in [3.63, 3.8) is 0 Å². The summed E-state index contributed by atoms with van der Waals surface area (Å²) in [5.74, 6) is 1.27. The van der Waals surface area contributed by atoms with Crippen molar-refractivity contribution in [1.29, 1.82) is 0 Å². The molecule has 2 aromatic rings. The highest BCUT2D eigenvalue weighted by atomic mass is 16.6. The van der Waals surface area contributed by atoms with E-state index in [9.17, 15) is 14.9 Å². The summed E-state index contributed by atoms with van der Waals surface area (Å²) in [6.45, 7) is 3.11. The number of aryl methyl sites for hydroxylation is 2. The van der Waals surface area contributed by atoms with Crippen molar-refractivity contribution in [1.82, 2.24) is 14.9 Å². The predicted molar refractivity (Wildman–Crippen MR) is 88.3 cm³/mol. The second kappa shape index (κ2) is 7.95. The van der Waals surface area contributed by atoms with Gasteiger partial charge in [0.2, 0.25) is 0 Å². The van der Waals surface area contributed by atoms with Crippen LogP contribution in [0.3, 0.4) is 0 Å². The van der Waals surface area contributed by atoms with Gasteiger partial charge in [-0.15, -0.1) is 0 Å². The van der Waals surface area contributed by atoms with E-state index in [1.807, 2.05) is 17.7 Å². The number of rotatable bonds is 7. The van der Waals surface area contributed by atoms with E-state index in [1.54, 1.807) is 6.20 Å². The molecule has 0 bridgehead atoms. The molecule has 0 fully saturated rings. The molecule has 9 nitrogen and oxygen atoms in total. The van der Waals surface area contributed by atoms with Gasteiger partial charge in [-0.2, -0.15) is 0 Å². The first-order valence-corrected chi connectivity index (χ1v) is 7.36. The summed E-state index contributed by atoms with van der Waals surface area (Å²) in [4.78, 5) is 26.3. The molecule has 0 saturated carbocycles. The highest BCUT2D eigenvalue weighted by Gasteiger charge is 2.13. The Hall–Kier alpha value is -3.10. The molecular weight excluding hydrogens is 314 g/mol. The molecule has 128 valence electrons. The minimum atomic E-state index is -0.532. The molecule has 1 aromatic carbocycles. The SMILES string of the molecule is COc1ccc([N+](=O)[O-])cc1NC(=O)NCCCn1ccnc1C. The van der Waals surface area contributed by atoms with Crippen molar-refractivity contribution >= 4 is 17.4 Å². The molecule has 0 aliphatic rings. The third kappa shape index (κ3) is 4.45. The maximum Gasteiger partial charge on any atom is 0.319 e. The fourth-order valence-electron chi connectivity index (χ4n) is 2.17. The van der Waals surface area contributed by atoms with Crippen molar-refractivity contribution in [2.45, 2.75) is 19.9 Å². The molecule has 2 N–H and O–H groups in total. The standard InChI is InChI=1S/C15H19N5O4/c1-11-16-7-9-19(11)8-3-6-17-15(21)18-13-10-12(20(22)23)4-5-14(13)24-2/h4-5,7,9-10H,3,6,8H2,1-2H3,(H2,17,18,21). The fraction of sp³-hybridized carbons (Fsp3) is 0.333. The van der Waals surface area contributed by atoms with Crippen LogP contribution in [0.25, 0.3) is 0 Å². The molecule has 1 heterocycles. The van der Waals surface area contributed by atoms with Crippen LogP contribution < -0.4 is 15.4 Å². The highest BCUT2D eigenvalue weighted by Crippen LogP contribution is 2.28. The number of carbonyl (C=O) groups excluding carboxylic acids is 1. The number of carbonyl (C=O) groups is 1. The van der Waals surface area contributed by atoms with E-state index in [-0.39, 0.29) is 11.4 Å². The first kappa shape index (κ1) is 17.3. The molecule has 2 amide bonds. The lowest BCUT2D eigenvalue weighted by Crippen LogP contribution is -2.30. The van der Waals surface area contributed by atoms with Gasteiger partial charge >= 0.3 is 6.03 Å². The summed E-state index contributed by atoms with van der Waals surface area (Å²) in [6, 6.07) is 3.56. The van der Waals surface area contributed by atoms with Crippen molar-refractivity contribution in [2.24, 2.45) is 0 Å². The number of nitro benzene ring substituents is 1. The van der Waals surface area contributed by atoms with Crippen LogP contribution in [0.2, 0.25) is 0 Å². The summed E-state index contributed by atoms with van der Waals surface area (Å²) in [5.41, 5.74) is 0.122. The highest BCUT2D eigenvalue weighted by molar-refractivity contribution is 5.91. The Kier molecular flexibility index (Phi) is 5.72. The van der Waals surface area contributed by atoms with E-state index in [4.69, 9.17) is 4.74 Å². The van der Waals surface area contributed by atoms with Crippen LogP contribution in [0.15, 0.2) is 30.6 Å². The molecule has 0 aliphatic carbocycles. The summed E-state index contributed by atoms with van der Waals surface area (Å²) in [6.07, 6.45) is 4.34. The lowest BCUT2D eigenvalue weighted by Gasteiger charge is -2.11. The van der Waals surface area contributed by atoms with Crippen LogP contribution in [-0.2, 0) is 6.54 Å². The third-order valence-corrected chi connectivity index (χ3v) is 3.43. The molecular formula is C15H19N5O4. The normalized spacial score (nSPS) is 10.2. The largest absolute Gasteiger partial charge is 0.495 e. The Morgan fingerprint density at radius 2 is 2.25 bits per heavy atom. The third-order valence-electron chi connectivity index (χ3n) is 3.43. The zero-order valence-electron chi connectivity index (χ0n) is 13.5. The molecule has 0 aliphatic heterocycles. The van der Waals surface area contributed by atoms with E-state index < -0.39 is 11.0 Å². The number of amides is 2. The Balaban J connectivity index is 1.86. The van der Waals surface area contributed by atoms with E-state index in [2.05, 4.69) is 15.6 Å². The molecule has 0 atom stereocenters. The minimum Gasteiger partial charge on any atom is -0.495 e. The summed E-state index contributed by atoms with van der Waals surface area (Å²) >= 11 is 0. The topological polar surface area (TPSA) is 111 Å². The number of ether oxygens (including phenoxy) is 1. The molecule has 2 rings (SSSR count). The molecule has 0 radical (unpaired) electrons. The van der Waals surface area contributed by atoms with Crippen LogP contribution in [0.1, 0.15) is 12.2 Å². The number of hydrogen-bond donors (Lipinski definition) is 2. The Morgan fingerprint density at radius 3 is 2.88 bits per heavy atom. The summed E-state index contributed by atoms with van der Waals surface area (Å²) < 4.78 is 7.08. The monoisotopic (exact) mass is 333 g/mol. The maximum absolute atomic E-state index is 11.9. The first-order valence-electron chi connectivity index (χ1n) is 7.36. The van der Waals surface area contributed by atoms with Crippen molar-refractivity contribution in [3.05, 3.63) is 46.5 Å². The van der Waals surface area contributed by atoms with Gasteiger partial charge in [-0.05, 0) is 19.4 Å². The fourth-order valence-corrected chi connectivity index (χ4v) is 2.17. The van der Waals surface area contributed by atoms with Gasteiger partial charge in [0.05, 0.1) is 17.7 Å². The van der Waals surface area contributed by atoms with Gasteiger partial charge < -0.3 is 19.9 Å². The van der Waals surface area contributed by atoms with Gasteiger partial charge in [-0.3, -0.25) is 10.1 Å². The Morgan fingerprint density at radius 1 is 1.46 bits per heavy atom. The number of benzene rings is 1. The summed E-state index contributed by atoms with van der Waals surface area (Å²) in [5, 5.41) is 16.1. The van der Waals surface area contributed by atoms with Crippen LogP contribution in [0.4, 0.5) is 16.2 Å². The molecule has 0 saturated heterocycles. The van der Waals surface area contributed by atoms with Gasteiger partial charge in [0.1, 0.15) is 11.6 Å². The molecule has 24 heavy (non-hydrogen) atoms. The number of nitro groups is 1. The van der Waals surface area contributed by atoms with Gasteiger partial charge in [-0.25, -0.2) is 9.78 Å². The zero-order valence-corrected chi connectivity index (χ0v) is 13.5. The van der Waals surface area contributed by atoms with Crippen LogP contribution >= 0.6 is 0 Å². The predicted octanol–water partition coefficient (Wildman–Crippen LogP) is 2.32. The van der Waals surface area contributed by atoms with Gasteiger partial charge in [0.25, 0.3) is 5.69 Å². The van der Waals surface area contributed by atoms with E-state index in [0.717, 1.165) is 18.8 Å². The second-order valence-electron chi connectivity index (χ2n) is 5.04. The number of nitrogens with zero attached hydrogens (tertiary/aromatic N) is 3. The number of imidazole rings is 1. The quantitative estimate of drug-likeness (QED) is 0.459. The van der Waals surface area contributed by atoms with E-state index in [0.29, 0.717) is 12.3 Å². The lowest BCUT2D eigenvalue weighted by molar-refractivity contribution is -0.384. The van der Waals surface area contributed by atoms with Crippen molar-refractivity contribution < 1.29 is 14.5 Å². The van der Waals surface area contributed by atoms with Gasteiger partial charge in [0.15, 0.2) is 0 Å². The molecule has 0 unspecified atom stereocenters. The summed E-state index contributed by atoms with van der Waals surface area (Å²) in [7, 11) is 1.43. The zero-order chi connectivity index (χ0) is 17.5. The number of anilines is 1. The van der Waals surface area contributed by atoms with Crippen molar-refractivity contribution in [3.8, 4) is 5.75 Å². The van der Waals surface area contributed by atoms with Gasteiger partial charge in [0, 0.05) is 37.6 Å². The average molecular weight is 333 g/mol. The second-order valence-corrected chi connectivity index (χ2v) is 5.04. The number of hydrogen-bond acceptors (Lipinski definition) is 5. The van der Waals surface area contributed by atoms with Gasteiger partial charge in [-0.1, -0.05) is 0 Å². The minimum absolute atomic E-state index is 0.123. The molecule has 0 spiro atoms. The molecule has 1 aromatic heterocycles.